The molecule has 9 nitrogen and oxygen atoms in total. The number of rotatable bonds is 49. The number of allylic oxidation sites excluding steroid dienone is 15. The summed E-state index contributed by atoms with van der Waals surface area (Å²) in [5.41, 5.74) is 0. The lowest BCUT2D eigenvalue weighted by molar-refractivity contribution is -0.870. The summed E-state index contributed by atoms with van der Waals surface area (Å²) in [6.07, 6.45) is 65.5. The normalized spacial score (nSPS) is 14.6. The van der Waals surface area contributed by atoms with Crippen LogP contribution >= 0.6 is 7.82 Å². The average molecular weight is 998 g/mol. The largest absolute Gasteiger partial charge is 0.472 e. The molecule has 3 unspecified atom stereocenters. The third-order valence-electron chi connectivity index (χ3n) is 11.8. The van der Waals surface area contributed by atoms with E-state index < -0.39 is 20.0 Å². The summed E-state index contributed by atoms with van der Waals surface area (Å²) < 4.78 is 30.5. The van der Waals surface area contributed by atoms with Gasteiger partial charge in [0.25, 0.3) is 0 Å². The second-order valence-electron chi connectivity index (χ2n) is 19.8. The highest BCUT2D eigenvalue weighted by Gasteiger charge is 2.30. The maximum absolute atomic E-state index is 13.5. The molecule has 0 saturated heterocycles. The summed E-state index contributed by atoms with van der Waals surface area (Å²) in [5, 5.41) is 3.02. The zero-order valence-corrected chi connectivity index (χ0v) is 46.6. The van der Waals surface area contributed by atoms with Crippen LogP contribution in [0, 0.1) is 0 Å². The van der Waals surface area contributed by atoms with E-state index >= 15 is 0 Å². The highest BCUT2D eigenvalue weighted by Crippen LogP contribution is 2.43. The Morgan fingerprint density at radius 2 is 0.986 bits per heavy atom. The summed E-state index contributed by atoms with van der Waals surface area (Å²) in [7, 11) is 1.44. The molecular weight excluding hydrogens is 892 g/mol. The minimum absolute atomic E-state index is 0.0246. The summed E-state index contributed by atoms with van der Waals surface area (Å²) in [6, 6.07) is -0.881. The molecule has 0 fully saturated rings. The second kappa shape index (κ2) is 49.5. The number of hydrogen-bond acceptors (Lipinski definition) is 6. The first kappa shape index (κ1) is 66.9. The van der Waals surface area contributed by atoms with E-state index in [4.69, 9.17) is 13.8 Å². The molecule has 3 atom stereocenters. The fourth-order valence-corrected chi connectivity index (χ4v) is 8.20. The molecule has 0 rings (SSSR count). The average Bonchev–Trinajstić information content (AvgIpc) is 3.32. The number of ether oxygens (including phenoxy) is 1. The highest BCUT2D eigenvalue weighted by molar-refractivity contribution is 7.47. The Hall–Kier alpha value is -3.07. The zero-order chi connectivity index (χ0) is 51.5. The molecule has 0 aliphatic heterocycles. The molecule has 0 spiro atoms. The SMILES string of the molecule is CC/C=C/C=C/C=C/CCCCCCCCCC(=O)NC(COP(=O)(O)OCC[N+](C)(C)C)C(/C=C/CCCCCCCCCCCC)OC(=O)CCC/C=C\C/C=C\C/C=C\C/C=C\CCCCC. The molecule has 0 heterocycles. The molecule has 2 N–H and O–H groups in total. The molecule has 0 saturated carbocycles. The number of phosphoric ester groups is 1. The van der Waals surface area contributed by atoms with Gasteiger partial charge in [-0.15, -0.1) is 0 Å². The van der Waals surface area contributed by atoms with Gasteiger partial charge >= 0.3 is 13.8 Å². The number of nitrogens with zero attached hydrogens (tertiary/aromatic N) is 1. The number of hydrogen-bond donors (Lipinski definition) is 2. The van der Waals surface area contributed by atoms with Gasteiger partial charge in [-0.1, -0.05) is 215 Å². The van der Waals surface area contributed by atoms with Gasteiger partial charge < -0.3 is 19.4 Å². The van der Waals surface area contributed by atoms with E-state index in [2.05, 4.69) is 111 Å². The first-order valence-corrected chi connectivity index (χ1v) is 29.6. The van der Waals surface area contributed by atoms with Crippen molar-refractivity contribution in [3.05, 3.63) is 97.2 Å². The van der Waals surface area contributed by atoms with Crippen LogP contribution in [-0.2, 0) is 27.9 Å². The third-order valence-corrected chi connectivity index (χ3v) is 12.8. The van der Waals surface area contributed by atoms with Gasteiger partial charge in [-0.25, -0.2) is 4.57 Å². The van der Waals surface area contributed by atoms with Crippen molar-refractivity contribution in [2.45, 2.75) is 232 Å². The molecule has 0 aliphatic rings. The minimum atomic E-state index is -4.46. The van der Waals surface area contributed by atoms with Crippen LogP contribution in [0.5, 0.6) is 0 Å². The Labute approximate surface area is 430 Å². The maximum atomic E-state index is 13.5. The van der Waals surface area contributed by atoms with Crippen LogP contribution in [0.15, 0.2) is 97.2 Å². The summed E-state index contributed by atoms with van der Waals surface area (Å²) >= 11 is 0. The van der Waals surface area contributed by atoms with E-state index in [0.29, 0.717) is 23.9 Å². The van der Waals surface area contributed by atoms with Crippen LogP contribution in [-0.4, -0.2) is 74.3 Å². The van der Waals surface area contributed by atoms with Crippen molar-refractivity contribution < 1.29 is 37.3 Å². The first-order valence-electron chi connectivity index (χ1n) is 28.1. The van der Waals surface area contributed by atoms with Crippen molar-refractivity contribution >= 4 is 19.7 Å². The van der Waals surface area contributed by atoms with E-state index in [-0.39, 0.29) is 31.5 Å². The second-order valence-corrected chi connectivity index (χ2v) is 21.2. The minimum Gasteiger partial charge on any atom is -0.456 e. The molecule has 0 aromatic rings. The van der Waals surface area contributed by atoms with E-state index in [1.54, 1.807) is 0 Å². The standard InChI is InChI=1S/C60H105N2O7P/c1-7-10-13-16-19-22-25-28-30-31-33-35-38-41-44-47-50-53-60(64)69-58(51-48-45-42-39-36-27-24-21-18-15-12-9-3)57(56-68-70(65,66)67-55-54-62(4,5)6)61-59(63)52-49-46-43-40-37-34-32-29-26-23-20-17-14-11-8-2/h11,14,17,19-20,22-23,26,28,30,33,35,41,44,48,51,57-58H,7-10,12-13,15-16,18,21,24-25,27,29,31-32,34,36-40,42-43,45-47,49-50,52-56H2,1-6H3,(H-,61,63,65,66)/p+1/b14-11+,20-17+,22-19-,26-23+,30-28-,35-33-,44-41-,51-48+. The van der Waals surface area contributed by atoms with Crippen LogP contribution in [0.1, 0.15) is 220 Å². The van der Waals surface area contributed by atoms with Gasteiger partial charge in [0.1, 0.15) is 19.3 Å². The number of esters is 1. The van der Waals surface area contributed by atoms with Gasteiger partial charge in [-0.2, -0.15) is 0 Å². The Kier molecular flexibility index (Phi) is 47.3. The van der Waals surface area contributed by atoms with Gasteiger partial charge in [0.2, 0.25) is 5.91 Å². The molecule has 0 aromatic carbocycles. The molecule has 0 aromatic heterocycles. The van der Waals surface area contributed by atoms with Gasteiger partial charge in [0.05, 0.1) is 33.8 Å². The lowest BCUT2D eigenvalue weighted by atomic mass is 10.0. The number of carbonyl (C=O) groups is 2. The van der Waals surface area contributed by atoms with Gasteiger partial charge in [0.15, 0.2) is 0 Å². The van der Waals surface area contributed by atoms with Crippen molar-refractivity contribution in [1.29, 1.82) is 0 Å². The van der Waals surface area contributed by atoms with E-state index in [1.165, 1.54) is 96.3 Å². The predicted octanol–water partition coefficient (Wildman–Crippen LogP) is 16.8. The smallest absolute Gasteiger partial charge is 0.456 e. The Bertz CT molecular complexity index is 1520. The predicted molar refractivity (Wildman–Crippen MR) is 300 cm³/mol. The number of nitrogens with one attached hydrogen (secondary N) is 1. The molecule has 0 radical (unpaired) electrons. The summed E-state index contributed by atoms with van der Waals surface area (Å²) in [4.78, 5) is 37.5. The number of amides is 1. The maximum Gasteiger partial charge on any atom is 0.472 e. The van der Waals surface area contributed by atoms with Gasteiger partial charge in [0, 0.05) is 12.8 Å². The molecule has 0 aliphatic carbocycles. The third kappa shape index (κ3) is 49.9. The quantitative estimate of drug-likeness (QED) is 0.0156. The molecule has 0 bridgehead atoms. The zero-order valence-electron chi connectivity index (χ0n) is 45.7. The van der Waals surface area contributed by atoms with Crippen LogP contribution in [0.4, 0.5) is 0 Å². The van der Waals surface area contributed by atoms with Crippen molar-refractivity contribution in [2.24, 2.45) is 0 Å². The highest BCUT2D eigenvalue weighted by atomic mass is 31.2. The lowest BCUT2D eigenvalue weighted by Gasteiger charge is -2.27. The number of quaternary nitrogens is 1. The fraction of sp³-hybridized carbons (Fsp3) is 0.700. The van der Waals surface area contributed by atoms with Crippen LogP contribution in [0.3, 0.4) is 0 Å². The van der Waals surface area contributed by atoms with E-state index in [0.717, 1.165) is 83.5 Å². The topological polar surface area (TPSA) is 111 Å². The Morgan fingerprint density at radius 1 is 0.529 bits per heavy atom. The van der Waals surface area contributed by atoms with Crippen molar-refractivity contribution in [1.82, 2.24) is 5.32 Å². The lowest BCUT2D eigenvalue weighted by Crippen LogP contribution is -2.47. The van der Waals surface area contributed by atoms with Crippen molar-refractivity contribution in [3.63, 3.8) is 0 Å². The first-order chi connectivity index (χ1) is 33.9. The number of carbonyl (C=O) groups excluding carboxylic acids is 2. The summed E-state index contributed by atoms with van der Waals surface area (Å²) in [6.45, 7) is 6.78. The Morgan fingerprint density at radius 3 is 1.54 bits per heavy atom. The van der Waals surface area contributed by atoms with Crippen LogP contribution in [0.2, 0.25) is 0 Å². The molecular formula is C60H106N2O7P+. The molecule has 10 heteroatoms. The number of phosphoric acid groups is 1. The van der Waals surface area contributed by atoms with E-state index in [1.807, 2.05) is 33.3 Å². The van der Waals surface area contributed by atoms with Crippen molar-refractivity contribution in [3.8, 4) is 0 Å². The van der Waals surface area contributed by atoms with Crippen LogP contribution in [0.25, 0.3) is 0 Å². The van der Waals surface area contributed by atoms with Crippen molar-refractivity contribution in [2.75, 3.05) is 40.9 Å². The van der Waals surface area contributed by atoms with E-state index in [9.17, 15) is 19.0 Å². The van der Waals surface area contributed by atoms with Gasteiger partial charge in [-0.05, 0) is 89.5 Å². The molecule has 1 amide bonds. The number of unbranched alkanes of at least 4 members (excludes halogenated alkanes) is 21. The monoisotopic (exact) mass is 998 g/mol. The van der Waals surface area contributed by atoms with Crippen LogP contribution < -0.4 is 5.32 Å². The number of likely N-dealkylation sites (N-methyl/N-ethyl adjacent to an activating group) is 1. The van der Waals surface area contributed by atoms with Gasteiger partial charge in [-0.3, -0.25) is 18.6 Å². The molecule has 70 heavy (non-hydrogen) atoms. The molecule has 402 valence electrons. The Balaban J connectivity index is 5.49. The fourth-order valence-electron chi connectivity index (χ4n) is 7.46. The summed E-state index contributed by atoms with van der Waals surface area (Å²) in [5.74, 6) is -0.592.